The monoisotopic (exact) mass is 1170 g/mol. The second-order valence-electron chi connectivity index (χ2n) is 28.7. The third kappa shape index (κ3) is 24.6. The molecule has 6 aliphatic rings. The Kier molecular flexibility index (Phi) is 26.5. The maximum absolute atomic E-state index is 12.3. The number of nitrogens with zero attached hydrogens (tertiary/aromatic N) is 8. The first-order valence-electron chi connectivity index (χ1n) is 31.6. The second kappa shape index (κ2) is 31.8. The number of hydrogen-bond acceptors (Lipinski definition) is 14. The second-order valence-corrected chi connectivity index (χ2v) is 28.7. The Bertz CT molecular complexity index is 2130. The van der Waals surface area contributed by atoms with Crippen LogP contribution in [0.2, 0.25) is 0 Å². The van der Waals surface area contributed by atoms with E-state index in [-0.39, 0.29) is 48.5 Å². The first-order chi connectivity index (χ1) is 39.2. The average Bonchev–Trinajstić information content (AvgIpc) is 4.46. The number of hydrogen-bond donors (Lipinski definition) is 2. The molecule has 8 atom stereocenters. The molecular formula is C66H114N10O8. The van der Waals surface area contributed by atoms with Gasteiger partial charge in [0.1, 0.15) is 22.4 Å². The summed E-state index contributed by atoms with van der Waals surface area (Å²) in [6.07, 6.45) is 11.5. The van der Waals surface area contributed by atoms with Gasteiger partial charge >= 0.3 is 24.4 Å². The highest BCUT2D eigenvalue weighted by Crippen LogP contribution is 2.32. The minimum absolute atomic E-state index is 0.194. The molecule has 4 aliphatic carbocycles. The predicted molar refractivity (Wildman–Crippen MR) is 337 cm³/mol. The number of nitrogens with two attached hydrogens (primary N) is 2. The zero-order valence-corrected chi connectivity index (χ0v) is 54.9. The van der Waals surface area contributed by atoms with E-state index in [9.17, 15) is 19.2 Å². The molecular weight excluding hydrogens is 1060 g/mol. The molecule has 2 aliphatic heterocycles. The van der Waals surface area contributed by atoms with Crippen molar-refractivity contribution >= 4 is 24.4 Å². The Labute approximate surface area is 507 Å². The minimum Gasteiger partial charge on any atom is -0.444 e. The van der Waals surface area contributed by atoms with Crippen LogP contribution >= 0.6 is 0 Å². The number of rotatable bonds is 10. The van der Waals surface area contributed by atoms with Crippen LogP contribution in [0.25, 0.3) is 0 Å². The third-order valence-electron chi connectivity index (χ3n) is 16.9. The molecule has 0 radical (unpaired) electrons. The van der Waals surface area contributed by atoms with Crippen LogP contribution in [0, 0.1) is 0 Å². The highest BCUT2D eigenvalue weighted by molar-refractivity contribution is 5.69. The molecule has 2 heterocycles. The summed E-state index contributed by atoms with van der Waals surface area (Å²) in [5.41, 5.74) is 12.7. The van der Waals surface area contributed by atoms with E-state index in [1.807, 2.05) is 107 Å². The van der Waals surface area contributed by atoms with Crippen molar-refractivity contribution in [3.63, 3.8) is 0 Å². The fraction of sp³-hybridized carbons (Fsp3) is 0.758. The fourth-order valence-electron chi connectivity index (χ4n) is 12.1. The van der Waals surface area contributed by atoms with Crippen LogP contribution in [0.3, 0.4) is 0 Å². The molecule has 2 saturated heterocycles. The van der Waals surface area contributed by atoms with Crippen LogP contribution in [0.4, 0.5) is 19.2 Å². The lowest BCUT2D eigenvalue weighted by Crippen LogP contribution is -2.49. The molecule has 18 heteroatoms. The normalized spacial score (nSPS) is 25.4. The van der Waals surface area contributed by atoms with Crippen LogP contribution in [-0.4, -0.2) is 215 Å². The van der Waals surface area contributed by atoms with Gasteiger partial charge in [0.25, 0.3) is 0 Å². The minimum atomic E-state index is -0.432. The summed E-state index contributed by atoms with van der Waals surface area (Å²) in [4.78, 5) is 65.4. The number of ether oxygens (including phenoxy) is 4. The van der Waals surface area contributed by atoms with E-state index in [0.717, 1.165) is 130 Å². The number of carbonyl (C=O) groups is 4. The number of carbonyl (C=O) groups excluding carboxylic acids is 4. The Hall–Kier alpha value is -4.72. The van der Waals surface area contributed by atoms with Crippen LogP contribution in [0.15, 0.2) is 60.7 Å². The summed E-state index contributed by atoms with van der Waals surface area (Å²) in [5, 5.41) is 0. The van der Waals surface area contributed by atoms with Crippen LogP contribution in [-0.2, 0) is 32.0 Å². The van der Waals surface area contributed by atoms with Gasteiger partial charge in [-0.05, 0) is 171 Å². The van der Waals surface area contributed by atoms with E-state index in [0.29, 0.717) is 24.2 Å². The van der Waals surface area contributed by atoms with E-state index in [2.05, 4.69) is 80.3 Å². The third-order valence-corrected chi connectivity index (χ3v) is 16.9. The SMILES string of the molecule is CN(C(=O)OC(C)(C)C)C1CCC(N)C1.CN(C(=O)OC(C)(C)C)C1CCC(N2CCN(Cc3ccccc3)CC2)C1.CN(C(=O)OC(C)(C)C)[C@@H]1CC[C@H](N)C1.CN(C(=O)OC(C)(C)C)[C@@H]1CC[C@H](N2CCN(Cc3ccccc3)CC2)C1. The van der Waals surface area contributed by atoms with Crippen molar-refractivity contribution in [2.75, 3.05) is 80.5 Å². The van der Waals surface area contributed by atoms with Gasteiger partial charge in [-0.15, -0.1) is 0 Å². The summed E-state index contributed by atoms with van der Waals surface area (Å²) in [6.45, 7) is 33.9. The van der Waals surface area contributed by atoms with E-state index in [1.165, 1.54) is 24.0 Å². The molecule has 8 rings (SSSR count). The van der Waals surface area contributed by atoms with Crippen molar-refractivity contribution in [1.82, 2.24) is 39.2 Å². The Morgan fingerprint density at radius 1 is 0.393 bits per heavy atom. The first kappa shape index (κ1) is 70.0. The molecule has 4 amide bonds. The summed E-state index contributed by atoms with van der Waals surface area (Å²) >= 11 is 0. The summed E-state index contributed by atoms with van der Waals surface area (Å²) in [5.74, 6) is 0. The van der Waals surface area contributed by atoms with Crippen molar-refractivity contribution in [2.24, 2.45) is 11.5 Å². The molecule has 0 aromatic heterocycles. The summed E-state index contributed by atoms with van der Waals surface area (Å²) in [6, 6.07) is 24.2. The van der Waals surface area contributed by atoms with Crippen LogP contribution < -0.4 is 11.5 Å². The van der Waals surface area contributed by atoms with Crippen LogP contribution in [0.1, 0.15) is 171 Å². The number of benzene rings is 2. The largest absolute Gasteiger partial charge is 0.444 e. The van der Waals surface area contributed by atoms with Crippen LogP contribution in [0.5, 0.6) is 0 Å². The molecule has 6 fully saturated rings. The quantitative estimate of drug-likeness (QED) is 0.214. The molecule has 2 aromatic carbocycles. The molecule has 4 N–H and O–H groups in total. The van der Waals surface area contributed by atoms with Gasteiger partial charge in [0, 0.05) is 142 Å². The zero-order chi connectivity index (χ0) is 62.2. The lowest BCUT2D eigenvalue weighted by molar-refractivity contribution is 0.0204. The van der Waals surface area contributed by atoms with Gasteiger partial charge < -0.3 is 50.0 Å². The average molecular weight is 1180 g/mol. The van der Waals surface area contributed by atoms with Crippen molar-refractivity contribution in [1.29, 1.82) is 0 Å². The molecule has 2 aromatic rings. The molecule has 4 saturated carbocycles. The highest BCUT2D eigenvalue weighted by Gasteiger charge is 2.38. The lowest BCUT2D eigenvalue weighted by Gasteiger charge is -2.38. The summed E-state index contributed by atoms with van der Waals surface area (Å²) in [7, 11) is 7.35. The van der Waals surface area contributed by atoms with Gasteiger partial charge in [-0.1, -0.05) is 60.7 Å². The van der Waals surface area contributed by atoms with Gasteiger partial charge in [-0.2, -0.15) is 0 Å². The molecule has 0 spiro atoms. The van der Waals surface area contributed by atoms with Crippen molar-refractivity contribution in [3.05, 3.63) is 71.8 Å². The van der Waals surface area contributed by atoms with Crippen molar-refractivity contribution < 1.29 is 38.1 Å². The van der Waals surface area contributed by atoms with Crippen molar-refractivity contribution in [2.45, 2.75) is 244 Å². The van der Waals surface area contributed by atoms with E-state index < -0.39 is 22.4 Å². The van der Waals surface area contributed by atoms with E-state index in [4.69, 9.17) is 30.4 Å². The van der Waals surface area contributed by atoms with Gasteiger partial charge in [0.2, 0.25) is 0 Å². The van der Waals surface area contributed by atoms with E-state index >= 15 is 0 Å². The fourth-order valence-corrected chi connectivity index (χ4v) is 12.1. The Balaban J connectivity index is 0.000000213. The van der Waals surface area contributed by atoms with Gasteiger partial charge in [-0.3, -0.25) is 19.6 Å². The molecule has 0 bridgehead atoms. The number of amides is 4. The zero-order valence-electron chi connectivity index (χ0n) is 54.9. The first-order valence-corrected chi connectivity index (χ1v) is 31.6. The topological polar surface area (TPSA) is 183 Å². The van der Waals surface area contributed by atoms with Gasteiger partial charge in [-0.25, -0.2) is 19.2 Å². The molecule has 476 valence electrons. The molecule has 4 unspecified atom stereocenters. The summed E-state index contributed by atoms with van der Waals surface area (Å²) < 4.78 is 21.6. The van der Waals surface area contributed by atoms with Gasteiger partial charge in [0.15, 0.2) is 0 Å². The Morgan fingerprint density at radius 3 is 0.881 bits per heavy atom. The molecule has 84 heavy (non-hydrogen) atoms. The van der Waals surface area contributed by atoms with E-state index in [1.54, 1.807) is 23.9 Å². The maximum atomic E-state index is 12.3. The lowest BCUT2D eigenvalue weighted by atomic mass is 10.1. The standard InChI is InChI=1S/2C22H35N3O2.2C11H22N2O2/c2*1-22(2,3)27-21(26)23(4)19-10-11-20(16-19)25-14-12-24(13-15-25)17-18-8-6-5-7-9-18;2*1-11(2,3)15-10(14)13(4)9-6-5-8(12)7-9/h2*5-9,19-20H,10-17H2,1-4H3;2*8-9H,5-7,12H2,1-4H3/t19-,20+;;8-,9+;/m1.0./s1. The highest BCUT2D eigenvalue weighted by atomic mass is 16.6. The van der Waals surface area contributed by atoms with Crippen molar-refractivity contribution in [3.8, 4) is 0 Å². The van der Waals surface area contributed by atoms with Gasteiger partial charge in [0.05, 0.1) is 0 Å². The predicted octanol–water partition coefficient (Wildman–Crippen LogP) is 10.7. The number of piperazine rings is 2. The molecule has 18 nitrogen and oxygen atoms in total. The smallest absolute Gasteiger partial charge is 0.410 e. The Morgan fingerprint density at radius 2 is 0.643 bits per heavy atom. The maximum Gasteiger partial charge on any atom is 0.410 e.